The van der Waals surface area contributed by atoms with Gasteiger partial charge in [-0.15, -0.1) is 0 Å². The second-order valence-electron chi connectivity index (χ2n) is 20.3. The summed E-state index contributed by atoms with van der Waals surface area (Å²) in [5.41, 5.74) is 1.67. The van der Waals surface area contributed by atoms with Gasteiger partial charge in [0, 0.05) is 16.5 Å². The van der Waals surface area contributed by atoms with Crippen LogP contribution in [0.25, 0.3) is 10.8 Å². The summed E-state index contributed by atoms with van der Waals surface area (Å²) in [5, 5.41) is 57.6. The van der Waals surface area contributed by atoms with E-state index < -0.39 is 105 Å². The predicted octanol–water partition coefficient (Wildman–Crippen LogP) is 13.6. The van der Waals surface area contributed by atoms with Gasteiger partial charge in [-0.1, -0.05) is 125 Å². The fourth-order valence-electron chi connectivity index (χ4n) is 5.13. The third kappa shape index (κ3) is 20.5. The maximum absolute atomic E-state index is 12.1. The third-order valence-corrected chi connectivity index (χ3v) is 7.85. The number of nitrogens with one attached hydrogen (secondary N) is 1. The minimum Gasteiger partial charge on any atom is -0.868 e. The van der Waals surface area contributed by atoms with E-state index >= 15 is 0 Å². The predicted molar refractivity (Wildman–Crippen MR) is 218 cm³/mol. The Morgan fingerprint density at radius 3 is 0.448 bits per heavy atom. The van der Waals surface area contributed by atoms with Crippen LogP contribution < -0.4 is 15.3 Å². The molecule has 0 amide bonds. The second kappa shape index (κ2) is 25.4. The molecule has 22 heteroatoms. The Hall–Kier alpha value is -4.24. The standard InChI is InChI=1S/C9H19N.2C9H18N.3C6HF5O.Nb/c3*1-8(2,3)7(10)9(4,5)6;3*7-1-2(8)4(10)6(12)5(11)3(1)9;/h10H,1-6H3;2*1-6H3;3*12H;/q;2*-1;;;;+5/p-3. The molecule has 0 unspecified atom stereocenters. The van der Waals surface area contributed by atoms with E-state index in [0.29, 0.717) is 11.4 Å². The van der Waals surface area contributed by atoms with Crippen LogP contribution in [-0.4, -0.2) is 17.1 Å². The molecule has 3 rings (SSSR count). The summed E-state index contributed by atoms with van der Waals surface area (Å²) >= 11 is 0. The van der Waals surface area contributed by atoms with Crippen LogP contribution in [0.5, 0.6) is 17.2 Å². The second-order valence-corrected chi connectivity index (χ2v) is 20.3. The summed E-state index contributed by atoms with van der Waals surface area (Å²) < 4.78 is 181. The number of halogens is 15. The zero-order valence-corrected chi connectivity index (χ0v) is 42.4. The maximum atomic E-state index is 12.1. The first-order chi connectivity index (χ1) is 28.9. The van der Waals surface area contributed by atoms with Gasteiger partial charge in [0.1, 0.15) is 0 Å². The van der Waals surface area contributed by atoms with Crippen LogP contribution in [0, 0.1) is 125 Å². The van der Waals surface area contributed by atoms with Crippen LogP contribution in [0.1, 0.15) is 125 Å². The molecule has 0 aliphatic rings. The molecule has 378 valence electrons. The van der Waals surface area contributed by atoms with E-state index in [0.717, 1.165) is 5.71 Å². The van der Waals surface area contributed by atoms with Gasteiger partial charge in [0.05, 0.1) is 0 Å². The Labute approximate surface area is 397 Å². The Bertz CT molecular complexity index is 1600. The van der Waals surface area contributed by atoms with Gasteiger partial charge < -0.3 is 31.5 Å². The van der Waals surface area contributed by atoms with E-state index in [4.69, 9.17) is 5.41 Å². The summed E-state index contributed by atoms with van der Waals surface area (Å²) in [6.45, 7) is 36.8. The molecule has 0 aromatic heterocycles. The molecule has 0 heterocycles. The monoisotopic (exact) mass is 1060 g/mol. The fraction of sp³-hybridized carbons (Fsp3) is 0.533. The van der Waals surface area contributed by atoms with Gasteiger partial charge in [0.15, 0.2) is 87.3 Å². The van der Waals surface area contributed by atoms with Crippen molar-refractivity contribution in [2.75, 3.05) is 0 Å². The minimum absolute atomic E-state index is 0. The molecule has 1 N–H and O–H groups in total. The van der Waals surface area contributed by atoms with Crippen LogP contribution in [0.3, 0.4) is 0 Å². The molecule has 0 fully saturated rings. The minimum atomic E-state index is -2.33. The van der Waals surface area contributed by atoms with E-state index in [9.17, 15) is 92.0 Å². The van der Waals surface area contributed by atoms with E-state index in [1.807, 2.05) is 83.1 Å². The average Bonchev–Trinajstić information content (AvgIpc) is 3.18. The third-order valence-electron chi connectivity index (χ3n) is 7.85. The molecule has 0 bridgehead atoms. The molecule has 0 atom stereocenters. The average molecular weight is 1060 g/mol. The van der Waals surface area contributed by atoms with Crippen molar-refractivity contribution in [3.8, 4) is 17.2 Å². The fourth-order valence-corrected chi connectivity index (χ4v) is 5.13. The summed E-state index contributed by atoms with van der Waals surface area (Å²) in [5.74, 6) is -40.7. The molecule has 0 spiro atoms. The first-order valence-electron chi connectivity index (χ1n) is 19.1. The molecule has 6 nitrogen and oxygen atoms in total. The van der Waals surface area contributed by atoms with Crippen LogP contribution in [0.15, 0.2) is 0 Å². The van der Waals surface area contributed by atoms with E-state index in [-0.39, 0.29) is 54.9 Å². The van der Waals surface area contributed by atoms with E-state index in [1.54, 1.807) is 0 Å². The molecule has 0 aliphatic heterocycles. The van der Waals surface area contributed by atoms with Crippen molar-refractivity contribution < 1.29 is 104 Å². The van der Waals surface area contributed by atoms with Crippen molar-refractivity contribution in [1.82, 2.24) is 0 Å². The number of benzene rings is 3. The van der Waals surface area contributed by atoms with Crippen molar-refractivity contribution in [2.45, 2.75) is 125 Å². The summed E-state index contributed by atoms with van der Waals surface area (Å²) in [7, 11) is 0. The first kappa shape index (κ1) is 69.3. The molecular weight excluding hydrogens is 1010 g/mol. The van der Waals surface area contributed by atoms with E-state index in [1.165, 1.54) is 0 Å². The summed E-state index contributed by atoms with van der Waals surface area (Å²) in [6, 6.07) is 0. The maximum Gasteiger partial charge on any atom is 5.00 e. The molecule has 0 saturated carbocycles. The molecule has 0 radical (unpaired) electrons. The van der Waals surface area contributed by atoms with Gasteiger partial charge in [-0.25, -0.2) is 65.9 Å². The van der Waals surface area contributed by atoms with Crippen molar-refractivity contribution in [3.05, 3.63) is 98.1 Å². The Balaban J connectivity index is -0.000000355. The van der Waals surface area contributed by atoms with Crippen LogP contribution in [-0.2, 0) is 22.4 Å². The van der Waals surface area contributed by atoms with Gasteiger partial charge in [0.25, 0.3) is 0 Å². The van der Waals surface area contributed by atoms with Gasteiger partial charge in [-0.05, 0) is 38.9 Å². The molecule has 3 aromatic carbocycles. The molecular formula is C45H55F15N3NbO3. The zero-order valence-electron chi connectivity index (χ0n) is 40.2. The van der Waals surface area contributed by atoms with Gasteiger partial charge in [-0.3, -0.25) is 0 Å². The van der Waals surface area contributed by atoms with Gasteiger partial charge >= 0.3 is 22.4 Å². The van der Waals surface area contributed by atoms with Crippen molar-refractivity contribution in [3.63, 3.8) is 0 Å². The Morgan fingerprint density at radius 2 is 0.388 bits per heavy atom. The van der Waals surface area contributed by atoms with Crippen molar-refractivity contribution >= 4 is 17.1 Å². The number of rotatable bonds is 0. The number of nitrogens with zero attached hydrogens (tertiary/aromatic N) is 2. The Kier molecular flexibility index (Phi) is 26.3. The topological polar surface area (TPSA) is 138 Å². The van der Waals surface area contributed by atoms with Crippen molar-refractivity contribution in [1.29, 1.82) is 5.41 Å². The van der Waals surface area contributed by atoms with Gasteiger partial charge in [-0.2, -0.15) is 11.4 Å². The van der Waals surface area contributed by atoms with Crippen molar-refractivity contribution in [2.24, 2.45) is 32.5 Å². The number of hydrogen-bond acceptors (Lipinski definition) is 4. The smallest absolute Gasteiger partial charge is 0.868 e. The Morgan fingerprint density at radius 1 is 0.284 bits per heavy atom. The SMILES string of the molecule is CC(C)(C)C(=N)C(C)(C)C.CC(C)(C)C(=[N-])C(C)(C)C.CC(C)(C)C(=[N-])C(C)(C)C.[Nb+5].[O-]c1c(F)c(F)c(F)c(F)c1F.[O-]c1c(F)c(F)c(F)c(F)c1F.[O-]c1c(F)c(F)c(F)c(F)c1F. The normalized spacial score (nSPS) is 11.6. The molecule has 67 heavy (non-hydrogen) atoms. The van der Waals surface area contributed by atoms with Crippen LogP contribution in [0.2, 0.25) is 0 Å². The zero-order chi connectivity index (χ0) is 54.1. The molecule has 3 aromatic rings. The quantitative estimate of drug-likeness (QED) is 0.0789. The largest absolute Gasteiger partial charge is 5.00 e. The number of hydrogen-bond donors (Lipinski definition) is 1. The molecule has 0 aliphatic carbocycles. The first-order valence-corrected chi connectivity index (χ1v) is 19.1. The summed E-state index contributed by atoms with van der Waals surface area (Å²) in [6.07, 6.45) is 0. The van der Waals surface area contributed by atoms with Crippen LogP contribution >= 0.6 is 0 Å². The van der Waals surface area contributed by atoms with Gasteiger partial charge in [0.2, 0.25) is 0 Å². The van der Waals surface area contributed by atoms with Crippen LogP contribution in [0.4, 0.5) is 65.9 Å². The molecule has 0 saturated heterocycles. The summed E-state index contributed by atoms with van der Waals surface area (Å²) in [4.78, 5) is 0. The van der Waals surface area contributed by atoms with E-state index in [2.05, 4.69) is 41.5 Å².